The van der Waals surface area contributed by atoms with Crippen LogP contribution in [0.1, 0.15) is 6.92 Å². The van der Waals surface area contributed by atoms with Crippen LogP contribution in [0, 0.1) is 0 Å². The Kier molecular flexibility index (Phi) is 4.22. The highest BCUT2D eigenvalue weighted by molar-refractivity contribution is 7.86. The van der Waals surface area contributed by atoms with Crippen molar-refractivity contribution in [3.63, 3.8) is 0 Å². The summed E-state index contributed by atoms with van der Waals surface area (Å²) in [5.74, 6) is -0.739. The van der Waals surface area contributed by atoms with E-state index < -0.39 is 22.0 Å². The second kappa shape index (κ2) is 4.40. The summed E-state index contributed by atoms with van der Waals surface area (Å²) in [5.41, 5.74) is 5.08. The van der Waals surface area contributed by atoms with Gasteiger partial charge in [-0.3, -0.25) is 9.00 Å². The molecule has 60 valence electrons. The number of nitrogens with two attached hydrogens (primary N) is 1. The number of carboxylic acid groups (broad SMARTS) is 1. The zero-order valence-electron chi connectivity index (χ0n) is 5.74. The molecule has 0 bridgehead atoms. The van der Waals surface area contributed by atoms with Gasteiger partial charge in [0.25, 0.3) is 0 Å². The van der Waals surface area contributed by atoms with Gasteiger partial charge in [0.15, 0.2) is 0 Å². The van der Waals surface area contributed by atoms with E-state index in [4.69, 9.17) is 10.8 Å². The van der Waals surface area contributed by atoms with E-state index in [1.54, 1.807) is 6.92 Å². The molecule has 2 atom stereocenters. The summed E-state index contributed by atoms with van der Waals surface area (Å²) in [6, 6.07) is 0. The summed E-state index contributed by atoms with van der Waals surface area (Å²) in [5, 5.41) is 7.50. The van der Waals surface area contributed by atoms with Crippen LogP contribution < -0.4 is 5.73 Å². The summed E-state index contributed by atoms with van der Waals surface area (Å²) in [7, 11) is -1.32. The normalized spacial score (nSPS) is 16.2. The first kappa shape index (κ1) is 9.58. The van der Waals surface area contributed by atoms with E-state index in [-0.39, 0.29) is 6.54 Å². The Morgan fingerprint density at radius 2 is 2.30 bits per heavy atom. The molecule has 0 heterocycles. The molecule has 4 nitrogen and oxygen atoms in total. The molecule has 10 heavy (non-hydrogen) atoms. The minimum atomic E-state index is -1.32. The van der Waals surface area contributed by atoms with E-state index in [2.05, 4.69) is 0 Å². The van der Waals surface area contributed by atoms with Gasteiger partial charge in [-0.05, 0) is 0 Å². The summed E-state index contributed by atoms with van der Waals surface area (Å²) in [6.07, 6.45) is 0. The second-order valence-electron chi connectivity index (χ2n) is 1.73. The average Bonchev–Trinajstić information content (AvgIpc) is 1.88. The predicted molar refractivity (Wildman–Crippen MR) is 39.2 cm³/mol. The van der Waals surface area contributed by atoms with E-state index in [1.165, 1.54) is 0 Å². The summed E-state index contributed by atoms with van der Waals surface area (Å²) in [4.78, 5) is 10.3. The molecule has 0 amide bonds. The lowest BCUT2D eigenvalue weighted by molar-refractivity contribution is -0.136. The van der Waals surface area contributed by atoms with Crippen molar-refractivity contribution in [1.29, 1.82) is 0 Å². The molecule has 0 saturated carbocycles. The number of hydrogen-bond acceptors (Lipinski definition) is 3. The van der Waals surface area contributed by atoms with Gasteiger partial charge < -0.3 is 10.8 Å². The van der Waals surface area contributed by atoms with Crippen LogP contribution in [0.5, 0.6) is 0 Å². The van der Waals surface area contributed by atoms with Crippen molar-refractivity contribution in [3.05, 3.63) is 0 Å². The smallest absolute Gasteiger partial charge is 0.320 e. The monoisotopic (exact) mass is 165 g/mol. The first-order chi connectivity index (χ1) is 4.63. The van der Waals surface area contributed by atoms with Crippen molar-refractivity contribution in [2.75, 3.05) is 12.3 Å². The number of hydrogen-bond donors (Lipinski definition) is 2. The third-order valence-corrected chi connectivity index (χ3v) is 2.69. The van der Waals surface area contributed by atoms with E-state index in [9.17, 15) is 9.00 Å². The van der Waals surface area contributed by atoms with E-state index in [0.717, 1.165) is 0 Å². The lowest BCUT2D eigenvalue weighted by Gasteiger charge is -2.05. The van der Waals surface area contributed by atoms with Crippen molar-refractivity contribution in [2.45, 2.75) is 12.2 Å². The molecule has 2 unspecified atom stereocenters. The molecular formula is C5H11NO3S. The number of aliphatic carboxylic acids is 1. The van der Waals surface area contributed by atoms with Gasteiger partial charge in [-0.2, -0.15) is 0 Å². The number of carbonyl (C=O) groups is 1. The zero-order chi connectivity index (χ0) is 8.15. The van der Waals surface area contributed by atoms with Crippen LogP contribution >= 0.6 is 0 Å². The predicted octanol–water partition coefficient (Wildman–Crippen LogP) is -0.833. The van der Waals surface area contributed by atoms with Crippen LogP contribution in [0.3, 0.4) is 0 Å². The van der Waals surface area contributed by atoms with Gasteiger partial charge in [-0.25, -0.2) is 0 Å². The topological polar surface area (TPSA) is 80.4 Å². The molecule has 0 radical (unpaired) electrons. The van der Waals surface area contributed by atoms with E-state index in [0.29, 0.717) is 5.75 Å². The molecule has 0 aromatic carbocycles. The summed E-state index contributed by atoms with van der Waals surface area (Å²) < 4.78 is 10.8. The largest absolute Gasteiger partial charge is 0.480 e. The van der Waals surface area contributed by atoms with Crippen LogP contribution in [-0.2, 0) is 15.6 Å². The Morgan fingerprint density at radius 3 is 2.40 bits per heavy atom. The molecule has 0 aliphatic carbocycles. The lowest BCUT2D eigenvalue weighted by atomic mass is 10.4. The Hall–Kier alpha value is -0.420. The van der Waals surface area contributed by atoms with Crippen molar-refractivity contribution >= 4 is 16.8 Å². The standard InChI is InChI=1S/C5H11NO3S/c1-2-10(9)4(3-6)5(7)8/h4H,2-3,6H2,1H3,(H,7,8). The molecule has 0 spiro atoms. The van der Waals surface area contributed by atoms with Crippen molar-refractivity contribution < 1.29 is 14.1 Å². The quantitative estimate of drug-likeness (QED) is 0.569. The first-order valence-electron chi connectivity index (χ1n) is 2.93. The average molecular weight is 165 g/mol. The fourth-order valence-electron chi connectivity index (χ4n) is 0.522. The van der Waals surface area contributed by atoms with E-state index >= 15 is 0 Å². The van der Waals surface area contributed by atoms with Crippen LogP contribution in [0.25, 0.3) is 0 Å². The van der Waals surface area contributed by atoms with Crippen LogP contribution in [0.4, 0.5) is 0 Å². The molecule has 0 rings (SSSR count). The Labute approximate surface area is 61.9 Å². The molecule has 0 saturated heterocycles. The van der Waals surface area contributed by atoms with Crippen LogP contribution in [-0.4, -0.2) is 32.8 Å². The maximum absolute atomic E-state index is 10.8. The molecular weight excluding hydrogens is 154 g/mol. The van der Waals surface area contributed by atoms with Crippen molar-refractivity contribution in [3.8, 4) is 0 Å². The highest BCUT2D eigenvalue weighted by Gasteiger charge is 2.20. The van der Waals surface area contributed by atoms with Crippen LogP contribution in [0.2, 0.25) is 0 Å². The van der Waals surface area contributed by atoms with Gasteiger partial charge in [-0.15, -0.1) is 0 Å². The third kappa shape index (κ3) is 2.45. The fourth-order valence-corrected chi connectivity index (χ4v) is 1.36. The lowest BCUT2D eigenvalue weighted by Crippen LogP contribution is -2.34. The molecule has 0 aliphatic heterocycles. The molecule has 0 aromatic heterocycles. The van der Waals surface area contributed by atoms with Gasteiger partial charge in [0, 0.05) is 23.1 Å². The molecule has 0 aliphatic rings. The number of carboxylic acids is 1. The number of rotatable bonds is 4. The molecule has 0 aromatic rings. The second-order valence-corrected chi connectivity index (χ2v) is 3.64. The molecule has 5 heteroatoms. The Balaban J connectivity index is 4.06. The Morgan fingerprint density at radius 1 is 1.80 bits per heavy atom. The van der Waals surface area contributed by atoms with Crippen LogP contribution in [0.15, 0.2) is 0 Å². The van der Waals surface area contributed by atoms with Crippen molar-refractivity contribution in [2.24, 2.45) is 5.73 Å². The van der Waals surface area contributed by atoms with Crippen molar-refractivity contribution in [1.82, 2.24) is 0 Å². The first-order valence-corrected chi connectivity index (χ1v) is 4.31. The summed E-state index contributed by atoms with van der Waals surface area (Å²) >= 11 is 0. The SMILES string of the molecule is CCS(=O)C(CN)C(=O)O. The zero-order valence-corrected chi connectivity index (χ0v) is 6.56. The highest BCUT2D eigenvalue weighted by atomic mass is 32.2. The van der Waals surface area contributed by atoms with Gasteiger partial charge in [0.05, 0.1) is 0 Å². The maximum atomic E-state index is 10.8. The van der Waals surface area contributed by atoms with Gasteiger partial charge >= 0.3 is 5.97 Å². The minimum Gasteiger partial charge on any atom is -0.480 e. The third-order valence-electron chi connectivity index (χ3n) is 1.09. The highest BCUT2D eigenvalue weighted by Crippen LogP contribution is 1.94. The maximum Gasteiger partial charge on any atom is 0.320 e. The fraction of sp³-hybridized carbons (Fsp3) is 0.800. The minimum absolute atomic E-state index is 0.0597. The van der Waals surface area contributed by atoms with E-state index in [1.807, 2.05) is 0 Å². The van der Waals surface area contributed by atoms with Gasteiger partial charge in [0.2, 0.25) is 0 Å². The molecule has 3 N–H and O–H groups in total. The molecule has 0 fully saturated rings. The Bertz CT molecular complexity index is 148. The van der Waals surface area contributed by atoms with Gasteiger partial charge in [0.1, 0.15) is 5.25 Å². The van der Waals surface area contributed by atoms with Gasteiger partial charge in [-0.1, -0.05) is 6.92 Å². The summed E-state index contributed by atoms with van der Waals surface area (Å²) in [6.45, 7) is 1.61.